The molecule has 148 valence electrons. The molecule has 1 atom stereocenters. The van der Waals surface area contributed by atoms with E-state index in [2.05, 4.69) is 22.2 Å². The summed E-state index contributed by atoms with van der Waals surface area (Å²) >= 11 is 0. The van der Waals surface area contributed by atoms with Crippen LogP contribution in [0.25, 0.3) is 0 Å². The summed E-state index contributed by atoms with van der Waals surface area (Å²) in [5.74, 6) is 0.655. The van der Waals surface area contributed by atoms with Gasteiger partial charge in [0, 0.05) is 25.8 Å². The number of amides is 2. The van der Waals surface area contributed by atoms with Crippen molar-refractivity contribution in [3.63, 3.8) is 0 Å². The fraction of sp³-hybridized carbons (Fsp3) is 0.524. The van der Waals surface area contributed by atoms with Gasteiger partial charge in [0.1, 0.15) is 5.69 Å². The van der Waals surface area contributed by atoms with Crippen molar-refractivity contribution in [1.29, 1.82) is 0 Å². The fourth-order valence-electron chi connectivity index (χ4n) is 4.16. The van der Waals surface area contributed by atoms with Crippen molar-refractivity contribution in [2.75, 3.05) is 13.1 Å². The number of aromatic nitrogens is 3. The molecule has 7 nitrogen and oxygen atoms in total. The Morgan fingerprint density at radius 3 is 2.89 bits per heavy atom. The molecular formula is C21H27N5O2. The molecule has 1 unspecified atom stereocenters. The van der Waals surface area contributed by atoms with E-state index in [-0.39, 0.29) is 11.8 Å². The molecule has 2 amide bonds. The highest BCUT2D eigenvalue weighted by atomic mass is 16.2. The number of nitrogens with zero attached hydrogens (tertiary/aromatic N) is 4. The third-order valence-electron chi connectivity index (χ3n) is 5.62. The van der Waals surface area contributed by atoms with E-state index in [1.165, 1.54) is 0 Å². The van der Waals surface area contributed by atoms with Gasteiger partial charge in [-0.25, -0.2) is 4.98 Å². The second-order valence-electron chi connectivity index (χ2n) is 7.84. The van der Waals surface area contributed by atoms with Crippen molar-refractivity contribution in [1.82, 2.24) is 24.8 Å². The first-order valence-corrected chi connectivity index (χ1v) is 10.2. The van der Waals surface area contributed by atoms with E-state index in [0.29, 0.717) is 24.0 Å². The lowest BCUT2D eigenvalue weighted by Gasteiger charge is -2.31. The summed E-state index contributed by atoms with van der Waals surface area (Å²) < 4.78 is 1.97. The maximum Gasteiger partial charge on any atom is 0.289 e. The predicted octanol–water partition coefficient (Wildman–Crippen LogP) is 2.42. The minimum atomic E-state index is -0.234. The van der Waals surface area contributed by atoms with Crippen molar-refractivity contribution < 1.29 is 9.59 Å². The van der Waals surface area contributed by atoms with Gasteiger partial charge >= 0.3 is 0 Å². The van der Waals surface area contributed by atoms with Crippen LogP contribution in [0, 0.1) is 5.92 Å². The summed E-state index contributed by atoms with van der Waals surface area (Å²) in [5.41, 5.74) is 2.07. The zero-order chi connectivity index (χ0) is 19.5. The Morgan fingerprint density at radius 2 is 2.11 bits per heavy atom. The fourth-order valence-corrected chi connectivity index (χ4v) is 4.16. The summed E-state index contributed by atoms with van der Waals surface area (Å²) in [5, 5.41) is 2.90. The molecule has 1 fully saturated rings. The van der Waals surface area contributed by atoms with Crippen molar-refractivity contribution in [2.24, 2.45) is 5.92 Å². The number of nitrogens with one attached hydrogen (secondary N) is 1. The zero-order valence-electron chi connectivity index (χ0n) is 16.4. The van der Waals surface area contributed by atoms with Crippen LogP contribution >= 0.6 is 0 Å². The van der Waals surface area contributed by atoms with Gasteiger partial charge in [-0.2, -0.15) is 0 Å². The minimum absolute atomic E-state index is 0.0431. The molecule has 7 heteroatoms. The number of imidazole rings is 1. The van der Waals surface area contributed by atoms with Crippen LogP contribution in [0.2, 0.25) is 0 Å². The maximum absolute atomic E-state index is 13.1. The van der Waals surface area contributed by atoms with Gasteiger partial charge < -0.3 is 14.8 Å². The number of hydrogen-bond donors (Lipinski definition) is 1. The summed E-state index contributed by atoms with van der Waals surface area (Å²) in [6.07, 6.45) is 6.69. The lowest BCUT2D eigenvalue weighted by molar-refractivity contribution is 0.0664. The summed E-state index contributed by atoms with van der Waals surface area (Å²) in [4.78, 5) is 36.6. The molecule has 4 heterocycles. The number of piperidine rings is 1. The molecule has 0 bridgehead atoms. The molecule has 0 aliphatic carbocycles. The van der Waals surface area contributed by atoms with E-state index in [9.17, 15) is 9.59 Å². The van der Waals surface area contributed by atoms with Gasteiger partial charge in [-0.1, -0.05) is 13.0 Å². The Morgan fingerprint density at radius 1 is 1.21 bits per heavy atom. The Labute approximate surface area is 165 Å². The van der Waals surface area contributed by atoms with Crippen LogP contribution in [0.3, 0.4) is 0 Å². The van der Waals surface area contributed by atoms with Gasteiger partial charge in [0.2, 0.25) is 0 Å². The van der Waals surface area contributed by atoms with E-state index < -0.39 is 0 Å². The average molecular weight is 381 g/mol. The molecule has 28 heavy (non-hydrogen) atoms. The molecule has 2 aromatic rings. The smallest absolute Gasteiger partial charge is 0.289 e. The second-order valence-corrected chi connectivity index (χ2v) is 7.84. The first-order valence-electron chi connectivity index (χ1n) is 10.2. The summed E-state index contributed by atoms with van der Waals surface area (Å²) in [6, 6.07) is 5.61. The molecule has 2 aliphatic rings. The predicted molar refractivity (Wildman–Crippen MR) is 105 cm³/mol. The van der Waals surface area contributed by atoms with E-state index >= 15 is 0 Å². The third-order valence-corrected chi connectivity index (χ3v) is 5.62. The SMILES string of the molecule is CC1CCCN(C(=O)c2nc(C(=O)NCc3ccccn3)c3n2CCCC3)C1. The highest BCUT2D eigenvalue weighted by Gasteiger charge is 2.31. The first kappa shape index (κ1) is 18.7. The molecule has 0 aromatic carbocycles. The van der Waals surface area contributed by atoms with Crippen LogP contribution in [-0.2, 0) is 19.5 Å². The number of carbonyl (C=O) groups excluding carboxylic acids is 2. The highest BCUT2D eigenvalue weighted by molar-refractivity contribution is 5.97. The Hall–Kier alpha value is -2.70. The summed E-state index contributed by atoms with van der Waals surface area (Å²) in [7, 11) is 0. The van der Waals surface area contributed by atoms with E-state index in [1.54, 1.807) is 6.20 Å². The van der Waals surface area contributed by atoms with Crippen LogP contribution in [0.5, 0.6) is 0 Å². The molecule has 2 aliphatic heterocycles. The average Bonchev–Trinajstić information content (AvgIpc) is 3.12. The zero-order valence-corrected chi connectivity index (χ0v) is 16.4. The monoisotopic (exact) mass is 381 g/mol. The number of hydrogen-bond acceptors (Lipinski definition) is 4. The van der Waals surface area contributed by atoms with Gasteiger partial charge in [-0.15, -0.1) is 0 Å². The lowest BCUT2D eigenvalue weighted by atomic mass is 10.0. The van der Waals surface area contributed by atoms with Gasteiger partial charge in [0.05, 0.1) is 17.9 Å². The van der Waals surface area contributed by atoms with Gasteiger partial charge in [-0.3, -0.25) is 14.6 Å². The van der Waals surface area contributed by atoms with Crippen molar-refractivity contribution in [2.45, 2.75) is 52.1 Å². The second kappa shape index (κ2) is 8.12. The van der Waals surface area contributed by atoms with Gasteiger partial charge in [-0.05, 0) is 50.2 Å². The first-order chi connectivity index (χ1) is 13.6. The Balaban J connectivity index is 1.56. The van der Waals surface area contributed by atoms with Crippen molar-refractivity contribution in [3.05, 3.63) is 47.3 Å². The third kappa shape index (κ3) is 3.79. The van der Waals surface area contributed by atoms with Crippen LogP contribution < -0.4 is 5.32 Å². The molecule has 0 spiro atoms. The van der Waals surface area contributed by atoms with Crippen LogP contribution in [0.15, 0.2) is 24.4 Å². The molecule has 0 radical (unpaired) electrons. The molecule has 1 N–H and O–H groups in total. The van der Waals surface area contributed by atoms with Gasteiger partial charge in [0.25, 0.3) is 11.8 Å². The molecular weight excluding hydrogens is 354 g/mol. The lowest BCUT2D eigenvalue weighted by Crippen LogP contribution is -2.40. The van der Waals surface area contributed by atoms with Crippen LogP contribution in [-0.4, -0.2) is 44.3 Å². The number of carbonyl (C=O) groups is 2. The normalized spacial score (nSPS) is 19.2. The van der Waals surface area contributed by atoms with E-state index in [0.717, 1.165) is 63.1 Å². The molecule has 2 aromatic heterocycles. The topological polar surface area (TPSA) is 80.1 Å². The van der Waals surface area contributed by atoms with Crippen LogP contribution in [0.4, 0.5) is 0 Å². The van der Waals surface area contributed by atoms with Gasteiger partial charge in [0.15, 0.2) is 5.82 Å². The number of fused-ring (bicyclic) bond motifs is 1. The highest BCUT2D eigenvalue weighted by Crippen LogP contribution is 2.24. The molecule has 4 rings (SSSR count). The standard InChI is InChI=1S/C21H27N5O2/c1-15-7-6-11-25(14-15)21(28)19-24-18(17-9-3-5-12-26(17)19)20(27)23-13-16-8-2-4-10-22-16/h2,4,8,10,15H,3,5-7,9,11-14H2,1H3,(H,23,27). The molecule has 1 saturated heterocycles. The summed E-state index contributed by atoms with van der Waals surface area (Å²) in [6.45, 7) is 4.81. The Kier molecular flexibility index (Phi) is 5.41. The number of rotatable bonds is 4. The largest absolute Gasteiger partial charge is 0.345 e. The molecule has 0 saturated carbocycles. The van der Waals surface area contributed by atoms with Crippen molar-refractivity contribution in [3.8, 4) is 0 Å². The maximum atomic E-state index is 13.1. The Bertz CT molecular complexity index is 861. The quantitative estimate of drug-likeness (QED) is 0.882. The number of pyridine rings is 1. The number of likely N-dealkylation sites (tertiary alicyclic amines) is 1. The van der Waals surface area contributed by atoms with E-state index in [1.807, 2.05) is 27.7 Å². The minimum Gasteiger partial charge on any atom is -0.345 e. The van der Waals surface area contributed by atoms with E-state index in [4.69, 9.17) is 0 Å². The van der Waals surface area contributed by atoms with Crippen LogP contribution in [0.1, 0.15) is 65.1 Å². The van der Waals surface area contributed by atoms with Crippen molar-refractivity contribution >= 4 is 11.8 Å².